The van der Waals surface area contributed by atoms with Gasteiger partial charge in [-0.05, 0) is 68.3 Å². The Morgan fingerprint density at radius 2 is 1.86 bits per heavy atom. The molecule has 5 heteroatoms. The van der Waals surface area contributed by atoms with Crippen LogP contribution in [0, 0.1) is 13.8 Å². The fourth-order valence-corrected chi connectivity index (χ4v) is 3.05. The maximum Gasteiger partial charge on any atom is 0.276 e. The average Bonchev–Trinajstić information content (AvgIpc) is 2.69. The molecule has 144 valence electrons. The lowest BCUT2D eigenvalue weighted by Crippen LogP contribution is -2.31. The van der Waals surface area contributed by atoms with Gasteiger partial charge in [0.05, 0.1) is 24.7 Å². The van der Waals surface area contributed by atoms with Crippen LogP contribution < -0.4 is 15.0 Å². The predicted octanol–water partition coefficient (Wildman–Crippen LogP) is 5.12. The Morgan fingerprint density at radius 1 is 1.07 bits per heavy atom. The van der Waals surface area contributed by atoms with E-state index in [9.17, 15) is 4.79 Å². The highest BCUT2D eigenvalue weighted by Gasteiger charge is 2.17. The molecular weight excluding hydrogens is 350 g/mol. The number of hydrogen-bond acceptors (Lipinski definition) is 4. The van der Waals surface area contributed by atoms with Gasteiger partial charge in [-0.3, -0.25) is 4.79 Å². The minimum atomic E-state index is -0.118. The number of aryl methyl sites for hydroxylation is 2. The number of carbonyl (C=O) groups excluding carboxylic acids is 1. The first kappa shape index (κ1) is 19.4. The molecule has 0 fully saturated rings. The topological polar surface area (TPSA) is 54.5 Å². The second-order valence-corrected chi connectivity index (χ2v) is 6.65. The van der Waals surface area contributed by atoms with Crippen molar-refractivity contribution in [3.63, 3.8) is 0 Å². The lowest BCUT2D eigenvalue weighted by Gasteiger charge is -2.21. The van der Waals surface area contributed by atoms with Gasteiger partial charge in [0.2, 0.25) is 0 Å². The Bertz CT molecular complexity index is 968. The van der Waals surface area contributed by atoms with Crippen LogP contribution in [-0.4, -0.2) is 24.5 Å². The quantitative estimate of drug-likeness (QED) is 0.650. The predicted molar refractivity (Wildman–Crippen MR) is 114 cm³/mol. The zero-order chi connectivity index (χ0) is 20.1. The van der Waals surface area contributed by atoms with Crippen molar-refractivity contribution in [3.8, 4) is 5.75 Å². The largest absolute Gasteiger partial charge is 0.495 e. The molecule has 3 rings (SSSR count). The van der Waals surface area contributed by atoms with E-state index >= 15 is 0 Å². The van der Waals surface area contributed by atoms with Gasteiger partial charge >= 0.3 is 0 Å². The molecule has 0 saturated carbocycles. The average molecular weight is 375 g/mol. The number of methoxy groups -OCH3 is 1. The van der Waals surface area contributed by atoms with E-state index in [-0.39, 0.29) is 5.91 Å². The molecule has 1 aromatic heterocycles. The van der Waals surface area contributed by atoms with Crippen molar-refractivity contribution in [1.29, 1.82) is 0 Å². The summed E-state index contributed by atoms with van der Waals surface area (Å²) in [5, 5.41) is 3.30. The van der Waals surface area contributed by atoms with Crippen LogP contribution in [0.5, 0.6) is 5.75 Å². The van der Waals surface area contributed by atoms with Crippen LogP contribution in [0.3, 0.4) is 0 Å². The molecule has 3 aromatic rings. The molecule has 5 nitrogen and oxygen atoms in total. The maximum absolute atomic E-state index is 12.9. The number of rotatable bonds is 6. The second-order valence-electron chi connectivity index (χ2n) is 6.65. The molecule has 0 aliphatic carbocycles. The van der Waals surface area contributed by atoms with Gasteiger partial charge in [-0.15, -0.1) is 0 Å². The Kier molecular flexibility index (Phi) is 5.94. The van der Waals surface area contributed by atoms with Crippen molar-refractivity contribution in [2.45, 2.75) is 20.8 Å². The monoisotopic (exact) mass is 375 g/mol. The fourth-order valence-electron chi connectivity index (χ4n) is 3.05. The Balaban J connectivity index is 1.80. The number of nitrogens with zero attached hydrogens (tertiary/aromatic N) is 2. The summed E-state index contributed by atoms with van der Waals surface area (Å²) in [4.78, 5) is 19.0. The van der Waals surface area contributed by atoms with E-state index in [2.05, 4.69) is 10.3 Å². The van der Waals surface area contributed by atoms with Crippen LogP contribution in [0.2, 0.25) is 0 Å². The molecule has 2 aromatic carbocycles. The van der Waals surface area contributed by atoms with Crippen molar-refractivity contribution >= 4 is 23.0 Å². The van der Waals surface area contributed by atoms with Crippen molar-refractivity contribution in [1.82, 2.24) is 4.98 Å². The fraction of sp³-hybridized carbons (Fsp3) is 0.217. The molecule has 28 heavy (non-hydrogen) atoms. The number of hydrogen-bond donors (Lipinski definition) is 1. The van der Waals surface area contributed by atoms with Crippen molar-refractivity contribution in [3.05, 3.63) is 77.6 Å². The SMILES string of the molecule is CCN(C(=O)c1ccc(Nc2cc(C)ccc2OC)cn1)c1cccc(C)c1. The Morgan fingerprint density at radius 3 is 2.50 bits per heavy atom. The number of aromatic nitrogens is 1. The smallest absolute Gasteiger partial charge is 0.276 e. The first-order valence-electron chi connectivity index (χ1n) is 9.28. The van der Waals surface area contributed by atoms with Gasteiger partial charge in [0.1, 0.15) is 11.4 Å². The zero-order valence-electron chi connectivity index (χ0n) is 16.7. The van der Waals surface area contributed by atoms with Crippen LogP contribution in [0.4, 0.5) is 17.1 Å². The van der Waals surface area contributed by atoms with Gasteiger partial charge in [0.25, 0.3) is 5.91 Å². The van der Waals surface area contributed by atoms with Crippen LogP contribution in [-0.2, 0) is 0 Å². The Hall–Kier alpha value is -3.34. The van der Waals surface area contributed by atoms with Crippen molar-refractivity contribution in [2.75, 3.05) is 23.9 Å². The molecule has 0 spiro atoms. The number of nitrogens with one attached hydrogen (secondary N) is 1. The lowest BCUT2D eigenvalue weighted by atomic mass is 10.2. The third-order valence-corrected chi connectivity index (χ3v) is 4.49. The normalized spacial score (nSPS) is 10.4. The van der Waals surface area contributed by atoms with Gasteiger partial charge < -0.3 is 15.0 Å². The third-order valence-electron chi connectivity index (χ3n) is 4.49. The number of anilines is 3. The van der Waals surface area contributed by atoms with Gasteiger partial charge in [-0.1, -0.05) is 18.2 Å². The summed E-state index contributed by atoms with van der Waals surface area (Å²) in [5.74, 6) is 0.634. The number of benzene rings is 2. The van der Waals surface area contributed by atoms with Crippen molar-refractivity contribution in [2.24, 2.45) is 0 Å². The third kappa shape index (κ3) is 4.31. The highest BCUT2D eigenvalue weighted by atomic mass is 16.5. The standard InChI is InChI=1S/C23H25N3O2/c1-5-26(19-8-6-7-16(2)13-19)23(27)20-11-10-18(15-24-20)25-21-14-17(3)9-12-22(21)28-4/h6-15,25H,5H2,1-4H3. The summed E-state index contributed by atoms with van der Waals surface area (Å²) in [6.07, 6.45) is 1.67. The molecule has 0 radical (unpaired) electrons. The molecule has 0 aliphatic heterocycles. The highest BCUT2D eigenvalue weighted by molar-refractivity contribution is 6.04. The van der Waals surface area contributed by atoms with Gasteiger partial charge in [-0.25, -0.2) is 4.98 Å². The number of amides is 1. The van der Waals surface area contributed by atoms with E-state index in [1.54, 1.807) is 24.3 Å². The van der Waals surface area contributed by atoms with Crippen LogP contribution in [0.25, 0.3) is 0 Å². The summed E-state index contributed by atoms with van der Waals surface area (Å²) >= 11 is 0. The molecule has 1 heterocycles. The van der Waals surface area contributed by atoms with E-state index < -0.39 is 0 Å². The zero-order valence-corrected chi connectivity index (χ0v) is 16.7. The summed E-state index contributed by atoms with van der Waals surface area (Å²) in [6, 6.07) is 17.4. The molecular formula is C23H25N3O2. The first-order valence-corrected chi connectivity index (χ1v) is 9.28. The summed E-state index contributed by atoms with van der Waals surface area (Å²) < 4.78 is 5.40. The first-order chi connectivity index (χ1) is 13.5. The molecule has 0 aliphatic rings. The number of pyridine rings is 1. The van der Waals surface area contributed by atoms with E-state index in [4.69, 9.17) is 4.74 Å². The van der Waals surface area contributed by atoms with E-state index in [0.29, 0.717) is 12.2 Å². The molecule has 0 bridgehead atoms. The summed E-state index contributed by atoms with van der Waals surface area (Å²) in [5.41, 5.74) is 5.17. The van der Waals surface area contributed by atoms with E-state index in [1.165, 1.54) is 0 Å². The van der Waals surface area contributed by atoms with E-state index in [1.807, 2.05) is 69.3 Å². The van der Waals surface area contributed by atoms with Crippen LogP contribution >= 0.6 is 0 Å². The van der Waals surface area contributed by atoms with Gasteiger partial charge in [0, 0.05) is 12.2 Å². The maximum atomic E-state index is 12.9. The molecule has 0 atom stereocenters. The van der Waals surface area contributed by atoms with Crippen LogP contribution in [0.15, 0.2) is 60.8 Å². The van der Waals surface area contributed by atoms with E-state index in [0.717, 1.165) is 33.9 Å². The van der Waals surface area contributed by atoms with Gasteiger partial charge in [-0.2, -0.15) is 0 Å². The van der Waals surface area contributed by atoms with Gasteiger partial charge in [0.15, 0.2) is 0 Å². The minimum absolute atomic E-state index is 0.118. The van der Waals surface area contributed by atoms with Crippen molar-refractivity contribution < 1.29 is 9.53 Å². The highest BCUT2D eigenvalue weighted by Crippen LogP contribution is 2.28. The molecule has 0 saturated heterocycles. The second kappa shape index (κ2) is 8.57. The minimum Gasteiger partial charge on any atom is -0.495 e. The molecule has 1 amide bonds. The lowest BCUT2D eigenvalue weighted by molar-refractivity contribution is 0.0983. The summed E-state index contributed by atoms with van der Waals surface area (Å²) in [7, 11) is 1.64. The van der Waals surface area contributed by atoms with Crippen LogP contribution in [0.1, 0.15) is 28.5 Å². The summed E-state index contributed by atoms with van der Waals surface area (Å²) in [6.45, 7) is 6.57. The number of carbonyl (C=O) groups is 1. The number of ether oxygens (including phenoxy) is 1. The molecule has 1 N–H and O–H groups in total. The molecule has 0 unspecified atom stereocenters. The Labute approximate surface area is 166 Å².